The lowest BCUT2D eigenvalue weighted by atomic mass is 9.46. The van der Waals surface area contributed by atoms with Crippen molar-refractivity contribution < 1.29 is 9.53 Å². The maximum atomic E-state index is 12.5. The highest BCUT2D eigenvalue weighted by atomic mass is 16.5. The standard InChI is InChI=1S/C21H32O2/c1-7-15(2)9-11-17-16(3)10-12-18-20(17,4)13-8-14-21(18,5)19(22)23-6/h7,9,17-18H,1,3,8,10-14H2,2,4-6H3/b15-9+/t17-,18+,20+,21-/m1/s1. The fourth-order valence-electron chi connectivity index (χ4n) is 5.25. The molecule has 2 fully saturated rings. The first-order chi connectivity index (χ1) is 10.8. The molecule has 0 radical (unpaired) electrons. The second kappa shape index (κ2) is 6.67. The van der Waals surface area contributed by atoms with E-state index in [4.69, 9.17) is 4.74 Å². The topological polar surface area (TPSA) is 26.3 Å². The lowest BCUT2D eigenvalue weighted by Gasteiger charge is -2.57. The normalized spacial score (nSPS) is 37.9. The van der Waals surface area contributed by atoms with Gasteiger partial charge in [0.05, 0.1) is 12.5 Å². The molecule has 2 saturated carbocycles. The van der Waals surface area contributed by atoms with Crippen LogP contribution in [0.5, 0.6) is 0 Å². The molecule has 0 aromatic heterocycles. The van der Waals surface area contributed by atoms with Crippen LogP contribution in [0.4, 0.5) is 0 Å². The maximum absolute atomic E-state index is 12.5. The predicted molar refractivity (Wildman–Crippen MR) is 96.0 cm³/mol. The zero-order valence-corrected chi connectivity index (χ0v) is 15.3. The molecule has 0 aromatic rings. The molecular weight excluding hydrogens is 284 g/mol. The molecule has 128 valence electrons. The first-order valence-electron chi connectivity index (χ1n) is 8.85. The van der Waals surface area contributed by atoms with Crippen molar-refractivity contribution in [1.82, 2.24) is 0 Å². The molecule has 2 aliphatic rings. The van der Waals surface area contributed by atoms with E-state index in [-0.39, 0.29) is 16.8 Å². The third-order valence-electron chi connectivity index (χ3n) is 6.67. The van der Waals surface area contributed by atoms with Crippen molar-refractivity contribution >= 4 is 5.97 Å². The van der Waals surface area contributed by atoms with Crippen molar-refractivity contribution in [3.63, 3.8) is 0 Å². The van der Waals surface area contributed by atoms with Crippen molar-refractivity contribution in [3.05, 3.63) is 36.5 Å². The van der Waals surface area contributed by atoms with Crippen LogP contribution < -0.4 is 0 Å². The minimum Gasteiger partial charge on any atom is -0.469 e. The first kappa shape index (κ1) is 18.0. The smallest absolute Gasteiger partial charge is 0.311 e. The number of allylic oxidation sites excluding steroid dienone is 4. The van der Waals surface area contributed by atoms with E-state index in [1.807, 2.05) is 6.08 Å². The van der Waals surface area contributed by atoms with Crippen LogP contribution >= 0.6 is 0 Å². The average molecular weight is 316 g/mol. The molecule has 0 amide bonds. The van der Waals surface area contributed by atoms with Gasteiger partial charge in [-0.3, -0.25) is 4.79 Å². The van der Waals surface area contributed by atoms with Crippen LogP contribution in [0.1, 0.15) is 59.3 Å². The second-order valence-corrected chi connectivity index (χ2v) is 7.96. The maximum Gasteiger partial charge on any atom is 0.311 e. The van der Waals surface area contributed by atoms with Gasteiger partial charge in [0.15, 0.2) is 0 Å². The van der Waals surface area contributed by atoms with Crippen LogP contribution in [-0.4, -0.2) is 13.1 Å². The molecule has 2 aliphatic carbocycles. The van der Waals surface area contributed by atoms with Gasteiger partial charge in [0.2, 0.25) is 0 Å². The molecule has 0 aromatic carbocycles. The van der Waals surface area contributed by atoms with Crippen LogP contribution in [0.3, 0.4) is 0 Å². The van der Waals surface area contributed by atoms with Gasteiger partial charge in [0.1, 0.15) is 0 Å². The number of fused-ring (bicyclic) bond motifs is 1. The molecule has 23 heavy (non-hydrogen) atoms. The molecule has 2 heteroatoms. The first-order valence-corrected chi connectivity index (χ1v) is 8.85. The van der Waals surface area contributed by atoms with E-state index < -0.39 is 0 Å². The Kier molecular flexibility index (Phi) is 5.23. The fourth-order valence-corrected chi connectivity index (χ4v) is 5.25. The lowest BCUT2D eigenvalue weighted by Crippen LogP contribution is -2.53. The van der Waals surface area contributed by atoms with Gasteiger partial charge in [0.25, 0.3) is 0 Å². The zero-order chi connectivity index (χ0) is 17.3. The Hall–Kier alpha value is -1.31. The minimum absolute atomic E-state index is 0.0301. The van der Waals surface area contributed by atoms with Crippen LogP contribution in [0.25, 0.3) is 0 Å². The number of methoxy groups -OCH3 is 1. The van der Waals surface area contributed by atoms with E-state index in [1.54, 1.807) is 0 Å². The van der Waals surface area contributed by atoms with Crippen LogP contribution in [0.2, 0.25) is 0 Å². The van der Waals surface area contributed by atoms with Crippen molar-refractivity contribution in [2.24, 2.45) is 22.7 Å². The summed E-state index contributed by atoms with van der Waals surface area (Å²) in [4.78, 5) is 12.5. The van der Waals surface area contributed by atoms with E-state index in [0.717, 1.165) is 32.1 Å². The minimum atomic E-state index is -0.349. The average Bonchev–Trinajstić information content (AvgIpc) is 2.52. The summed E-state index contributed by atoms with van der Waals surface area (Å²) in [5.41, 5.74) is 2.35. The Balaban J connectivity index is 2.36. The summed E-state index contributed by atoms with van der Waals surface area (Å²) in [6.45, 7) is 14.8. The summed E-state index contributed by atoms with van der Waals surface area (Å²) >= 11 is 0. The Morgan fingerprint density at radius 1 is 1.39 bits per heavy atom. The molecule has 0 heterocycles. The number of esters is 1. The largest absolute Gasteiger partial charge is 0.469 e. The van der Waals surface area contributed by atoms with E-state index in [9.17, 15) is 4.79 Å². The summed E-state index contributed by atoms with van der Waals surface area (Å²) in [5, 5.41) is 0. The Morgan fingerprint density at radius 3 is 2.70 bits per heavy atom. The fraction of sp³-hybridized carbons (Fsp3) is 0.667. The van der Waals surface area contributed by atoms with Crippen molar-refractivity contribution in [2.45, 2.75) is 59.3 Å². The van der Waals surface area contributed by atoms with Gasteiger partial charge in [0, 0.05) is 0 Å². The summed E-state index contributed by atoms with van der Waals surface area (Å²) in [5.74, 6) is 0.794. The molecular formula is C21H32O2. The van der Waals surface area contributed by atoms with Gasteiger partial charge in [-0.2, -0.15) is 0 Å². The third kappa shape index (κ3) is 3.05. The Labute approximate surface area is 141 Å². The molecule has 0 spiro atoms. The SMILES string of the molecule is C=C/C(C)=C/C[C@@H]1C(=C)CC[C@H]2[C@@]1(C)CCC[C@@]2(C)C(=O)OC. The Bertz CT molecular complexity index is 530. The number of ether oxygens (including phenoxy) is 1. The van der Waals surface area contributed by atoms with Gasteiger partial charge in [-0.15, -0.1) is 0 Å². The zero-order valence-electron chi connectivity index (χ0n) is 15.3. The van der Waals surface area contributed by atoms with Gasteiger partial charge in [-0.25, -0.2) is 0 Å². The van der Waals surface area contributed by atoms with E-state index in [2.05, 4.69) is 40.0 Å². The van der Waals surface area contributed by atoms with Crippen molar-refractivity contribution in [1.29, 1.82) is 0 Å². The van der Waals surface area contributed by atoms with E-state index in [0.29, 0.717) is 11.8 Å². The molecule has 2 rings (SSSR count). The van der Waals surface area contributed by atoms with E-state index in [1.165, 1.54) is 24.7 Å². The molecule has 2 nitrogen and oxygen atoms in total. The number of carbonyl (C=O) groups excluding carboxylic acids is 1. The van der Waals surface area contributed by atoms with Crippen LogP contribution in [-0.2, 0) is 9.53 Å². The molecule has 0 unspecified atom stereocenters. The summed E-state index contributed by atoms with van der Waals surface area (Å²) in [7, 11) is 1.52. The van der Waals surface area contributed by atoms with Gasteiger partial charge in [-0.1, -0.05) is 49.8 Å². The molecule has 0 aliphatic heterocycles. The van der Waals surface area contributed by atoms with Gasteiger partial charge < -0.3 is 4.74 Å². The predicted octanol–water partition coefficient (Wildman–Crippen LogP) is 5.46. The number of carbonyl (C=O) groups is 1. The highest BCUT2D eigenvalue weighted by Crippen LogP contribution is 2.62. The summed E-state index contributed by atoms with van der Waals surface area (Å²) < 4.78 is 5.18. The molecule has 0 N–H and O–H groups in total. The van der Waals surface area contributed by atoms with Crippen LogP contribution in [0, 0.1) is 22.7 Å². The molecule has 0 saturated heterocycles. The summed E-state index contributed by atoms with van der Waals surface area (Å²) in [6, 6.07) is 0. The summed E-state index contributed by atoms with van der Waals surface area (Å²) in [6.07, 6.45) is 10.5. The quantitative estimate of drug-likeness (QED) is 0.391. The second-order valence-electron chi connectivity index (χ2n) is 7.96. The van der Waals surface area contributed by atoms with Crippen LogP contribution in [0.15, 0.2) is 36.5 Å². The lowest BCUT2D eigenvalue weighted by molar-refractivity contribution is -0.167. The van der Waals surface area contributed by atoms with Crippen molar-refractivity contribution in [3.8, 4) is 0 Å². The number of hydrogen-bond donors (Lipinski definition) is 0. The molecule has 4 atom stereocenters. The molecule has 0 bridgehead atoms. The van der Waals surface area contributed by atoms with Crippen molar-refractivity contribution in [2.75, 3.05) is 7.11 Å². The van der Waals surface area contributed by atoms with E-state index >= 15 is 0 Å². The monoisotopic (exact) mass is 316 g/mol. The Morgan fingerprint density at radius 2 is 2.09 bits per heavy atom. The number of hydrogen-bond acceptors (Lipinski definition) is 2. The van der Waals surface area contributed by atoms with Gasteiger partial charge >= 0.3 is 5.97 Å². The third-order valence-corrected chi connectivity index (χ3v) is 6.67. The highest BCUT2D eigenvalue weighted by molar-refractivity contribution is 5.77. The highest BCUT2D eigenvalue weighted by Gasteiger charge is 2.57. The number of rotatable bonds is 4. The van der Waals surface area contributed by atoms with Gasteiger partial charge in [-0.05, 0) is 63.2 Å².